The number of hydrogen-bond donors (Lipinski definition) is 1. The second kappa shape index (κ2) is 12.8. The van der Waals surface area contributed by atoms with Gasteiger partial charge in [-0.2, -0.15) is 0 Å². The first-order valence-electron chi connectivity index (χ1n) is 13.9. The van der Waals surface area contributed by atoms with Crippen molar-refractivity contribution < 1.29 is 19.0 Å². The zero-order chi connectivity index (χ0) is 29.1. The molecule has 4 aromatic rings. The Kier molecular flexibility index (Phi) is 9.17. The second-order valence-electron chi connectivity index (χ2n) is 10.8. The van der Waals surface area contributed by atoms with E-state index >= 15 is 4.39 Å². The van der Waals surface area contributed by atoms with E-state index in [0.29, 0.717) is 33.4 Å². The normalized spacial score (nSPS) is 17.6. The molecule has 0 bridgehead atoms. The van der Waals surface area contributed by atoms with Gasteiger partial charge in [-0.25, -0.2) is 4.39 Å². The number of ether oxygens (including phenoxy) is 1. The smallest absolute Gasteiger partial charge is 0.309 e. The number of hydrogen-bond acceptors (Lipinski definition) is 6. The topological polar surface area (TPSA) is 59.4 Å². The third kappa shape index (κ3) is 7.21. The Morgan fingerprint density at radius 2 is 1.56 bits per heavy atom. The molecule has 0 aliphatic carbocycles. The molecule has 7 heteroatoms. The van der Waals surface area contributed by atoms with Gasteiger partial charge in [-0.05, 0) is 59.2 Å². The van der Waals surface area contributed by atoms with Crippen molar-refractivity contribution in [2.45, 2.75) is 73.0 Å². The zero-order valence-corrected chi connectivity index (χ0v) is 25.3. The van der Waals surface area contributed by atoms with Gasteiger partial charge in [0.1, 0.15) is 11.9 Å². The number of rotatable bonds is 8. The standard InChI is InChI=1S/C34H34FNO3S2/c1-20(2)40-27-11-6-22(7-12-27)29-18-32-30(17-31(29)35)34(23-8-13-28(14-9-23)41-21(3)4)24(19-36-32)5-10-26-15-25(37)16-33(38)39-26/h5-14,17-21,25-26,37H,15-16H2,1-4H3/b10-5+/t25-,26-/m1/s1. The van der Waals surface area contributed by atoms with Crippen LogP contribution >= 0.6 is 23.5 Å². The van der Waals surface area contributed by atoms with Gasteiger partial charge in [0.15, 0.2) is 0 Å². The van der Waals surface area contributed by atoms with Crippen LogP contribution in [0.25, 0.3) is 39.2 Å². The summed E-state index contributed by atoms with van der Waals surface area (Å²) in [6, 6.07) is 19.6. The molecule has 1 aliphatic rings. The Hall–Kier alpha value is -3.13. The van der Waals surface area contributed by atoms with Crippen molar-refractivity contribution in [1.82, 2.24) is 4.98 Å². The highest BCUT2D eigenvalue weighted by molar-refractivity contribution is 8.00. The van der Waals surface area contributed by atoms with E-state index in [1.807, 2.05) is 36.4 Å². The molecule has 212 valence electrons. The van der Waals surface area contributed by atoms with E-state index in [4.69, 9.17) is 9.72 Å². The van der Waals surface area contributed by atoms with Crippen LogP contribution in [-0.4, -0.2) is 38.8 Å². The first-order valence-corrected chi connectivity index (χ1v) is 15.6. The Morgan fingerprint density at radius 3 is 2.15 bits per heavy atom. The number of carbonyl (C=O) groups excluding carboxylic acids is 1. The quantitative estimate of drug-likeness (QED) is 0.164. The Labute approximate surface area is 249 Å². The van der Waals surface area contributed by atoms with Gasteiger partial charge in [-0.1, -0.05) is 58.0 Å². The number of halogens is 1. The first kappa shape index (κ1) is 29.4. The number of aliphatic hydroxyl groups excluding tert-OH is 1. The molecular formula is C34H34FNO3S2. The Balaban J connectivity index is 1.58. The van der Waals surface area contributed by atoms with Gasteiger partial charge in [-0.15, -0.1) is 23.5 Å². The minimum absolute atomic E-state index is 0.00869. The van der Waals surface area contributed by atoms with E-state index in [1.165, 1.54) is 0 Å². The number of aromatic nitrogens is 1. The summed E-state index contributed by atoms with van der Waals surface area (Å²) in [5.74, 6) is -0.735. The van der Waals surface area contributed by atoms with Crippen LogP contribution in [0.1, 0.15) is 46.1 Å². The number of carbonyl (C=O) groups is 1. The zero-order valence-electron chi connectivity index (χ0n) is 23.6. The lowest BCUT2D eigenvalue weighted by Crippen LogP contribution is -2.31. The molecule has 1 fully saturated rings. The average Bonchev–Trinajstić information content (AvgIpc) is 2.91. The van der Waals surface area contributed by atoms with Gasteiger partial charge < -0.3 is 9.84 Å². The number of nitrogens with zero attached hydrogens (tertiary/aromatic N) is 1. The highest BCUT2D eigenvalue weighted by atomic mass is 32.2. The van der Waals surface area contributed by atoms with Crippen LogP contribution in [0, 0.1) is 5.82 Å². The summed E-state index contributed by atoms with van der Waals surface area (Å²) in [4.78, 5) is 18.9. The minimum atomic E-state index is -0.725. The van der Waals surface area contributed by atoms with Crippen molar-refractivity contribution in [3.8, 4) is 22.3 Å². The van der Waals surface area contributed by atoms with Crippen molar-refractivity contribution in [1.29, 1.82) is 0 Å². The van der Waals surface area contributed by atoms with Crippen LogP contribution in [0.3, 0.4) is 0 Å². The van der Waals surface area contributed by atoms with Crippen molar-refractivity contribution in [2.24, 2.45) is 0 Å². The molecule has 5 rings (SSSR count). The average molecular weight is 588 g/mol. The van der Waals surface area contributed by atoms with E-state index in [9.17, 15) is 9.90 Å². The SMILES string of the molecule is CC(C)Sc1ccc(-c2cc3ncc(/C=C/[C@@H]4C[C@@H](O)CC(=O)O4)c(-c4ccc(SC(C)C)cc4)c3cc2F)cc1. The largest absolute Gasteiger partial charge is 0.458 e. The van der Waals surface area contributed by atoms with Crippen LogP contribution in [0.2, 0.25) is 0 Å². The van der Waals surface area contributed by atoms with Crippen molar-refractivity contribution in [3.05, 3.63) is 84.3 Å². The van der Waals surface area contributed by atoms with Gasteiger partial charge in [0.25, 0.3) is 0 Å². The van der Waals surface area contributed by atoms with Crippen LogP contribution in [0.5, 0.6) is 0 Å². The van der Waals surface area contributed by atoms with Crippen LogP contribution in [0.15, 0.2) is 82.7 Å². The lowest BCUT2D eigenvalue weighted by molar-refractivity contribution is -0.156. The first-order chi connectivity index (χ1) is 19.7. The molecule has 1 N–H and O–H groups in total. The molecule has 4 nitrogen and oxygen atoms in total. The number of fused-ring (bicyclic) bond motifs is 1. The monoisotopic (exact) mass is 587 g/mol. The Morgan fingerprint density at radius 1 is 0.951 bits per heavy atom. The van der Waals surface area contributed by atoms with Gasteiger partial charge >= 0.3 is 5.97 Å². The van der Waals surface area contributed by atoms with Crippen molar-refractivity contribution >= 4 is 46.5 Å². The molecule has 1 aliphatic heterocycles. The fourth-order valence-electron chi connectivity index (χ4n) is 4.99. The van der Waals surface area contributed by atoms with Gasteiger partial charge in [0.2, 0.25) is 0 Å². The summed E-state index contributed by atoms with van der Waals surface area (Å²) in [6.45, 7) is 8.61. The number of pyridine rings is 1. The lowest BCUT2D eigenvalue weighted by Gasteiger charge is -2.23. The maximum Gasteiger partial charge on any atom is 0.309 e. The maximum absolute atomic E-state index is 15.8. The molecule has 1 aromatic heterocycles. The summed E-state index contributed by atoms with van der Waals surface area (Å²) in [5.41, 5.74) is 4.57. The lowest BCUT2D eigenvalue weighted by atomic mass is 9.93. The molecule has 0 spiro atoms. The number of aliphatic hydroxyl groups is 1. The van der Waals surface area contributed by atoms with E-state index < -0.39 is 18.2 Å². The van der Waals surface area contributed by atoms with Gasteiger partial charge in [0.05, 0.1) is 18.0 Å². The molecule has 0 saturated carbocycles. The summed E-state index contributed by atoms with van der Waals surface area (Å²) in [7, 11) is 0. The molecule has 2 atom stereocenters. The maximum atomic E-state index is 15.8. The van der Waals surface area contributed by atoms with Gasteiger partial charge in [-0.3, -0.25) is 9.78 Å². The van der Waals surface area contributed by atoms with E-state index in [1.54, 1.807) is 41.9 Å². The van der Waals surface area contributed by atoms with Crippen molar-refractivity contribution in [2.75, 3.05) is 0 Å². The Bertz CT molecular complexity index is 1570. The molecule has 41 heavy (non-hydrogen) atoms. The second-order valence-corrected chi connectivity index (χ2v) is 14.1. The molecule has 1 saturated heterocycles. The molecule has 3 aromatic carbocycles. The van der Waals surface area contributed by atoms with Crippen LogP contribution in [0.4, 0.5) is 4.39 Å². The number of cyclic esters (lactones) is 1. The highest BCUT2D eigenvalue weighted by Gasteiger charge is 2.25. The highest BCUT2D eigenvalue weighted by Crippen LogP contribution is 2.37. The third-order valence-electron chi connectivity index (χ3n) is 6.72. The van der Waals surface area contributed by atoms with E-state index in [0.717, 1.165) is 32.0 Å². The van der Waals surface area contributed by atoms with Crippen LogP contribution < -0.4 is 0 Å². The van der Waals surface area contributed by atoms with E-state index in [2.05, 4.69) is 52.0 Å². The van der Waals surface area contributed by atoms with Crippen molar-refractivity contribution in [3.63, 3.8) is 0 Å². The molecule has 0 unspecified atom stereocenters. The fourth-order valence-corrected chi connectivity index (χ4v) is 6.67. The fraction of sp³-hybridized carbons (Fsp3) is 0.294. The van der Waals surface area contributed by atoms with Crippen LogP contribution in [-0.2, 0) is 9.53 Å². The minimum Gasteiger partial charge on any atom is -0.458 e. The number of esters is 1. The molecule has 2 heterocycles. The molecular weight excluding hydrogens is 554 g/mol. The predicted octanol–water partition coefficient (Wildman–Crippen LogP) is 8.79. The summed E-state index contributed by atoms with van der Waals surface area (Å²) in [5, 5.41) is 11.6. The molecule has 0 amide bonds. The van der Waals surface area contributed by atoms with E-state index in [-0.39, 0.29) is 12.2 Å². The summed E-state index contributed by atoms with van der Waals surface area (Å²) in [6.07, 6.45) is 4.49. The molecule has 0 radical (unpaired) electrons. The predicted molar refractivity (Wildman–Crippen MR) is 169 cm³/mol. The number of thioether (sulfide) groups is 2. The summed E-state index contributed by atoms with van der Waals surface area (Å²) < 4.78 is 21.2. The number of benzene rings is 3. The summed E-state index contributed by atoms with van der Waals surface area (Å²) >= 11 is 3.56. The van der Waals surface area contributed by atoms with Gasteiger partial charge in [0, 0.05) is 49.4 Å². The third-order valence-corrected chi connectivity index (χ3v) is 8.75.